The van der Waals surface area contributed by atoms with Gasteiger partial charge in [0.1, 0.15) is 0 Å². The highest BCUT2D eigenvalue weighted by Gasteiger charge is 2.04. The van der Waals surface area contributed by atoms with Gasteiger partial charge in [-0.25, -0.2) is 0 Å². The van der Waals surface area contributed by atoms with Crippen LogP contribution < -0.4 is 0 Å². The lowest BCUT2D eigenvalue weighted by Crippen LogP contribution is -1.91. The van der Waals surface area contributed by atoms with E-state index in [-0.39, 0.29) is 5.78 Å². The minimum Gasteiger partial charge on any atom is -0.295 e. The quantitative estimate of drug-likeness (QED) is 0.619. The fourth-order valence-corrected chi connectivity index (χ4v) is 2.68. The van der Waals surface area contributed by atoms with E-state index in [1.807, 2.05) is 48.5 Å². The summed E-state index contributed by atoms with van der Waals surface area (Å²) in [5.74, 6) is 0.797. The van der Waals surface area contributed by atoms with Crippen molar-refractivity contribution < 1.29 is 4.79 Å². The van der Waals surface area contributed by atoms with Gasteiger partial charge in [-0.05, 0) is 30.7 Å². The van der Waals surface area contributed by atoms with Crippen LogP contribution in [0.25, 0.3) is 0 Å². The summed E-state index contributed by atoms with van der Waals surface area (Å²) in [6, 6.07) is 17.3. The van der Waals surface area contributed by atoms with E-state index in [0.717, 1.165) is 21.8 Å². The second kappa shape index (κ2) is 6.21. The molecule has 0 aliphatic rings. The SMILES string of the molecule is CC(=O)c1cccc(SCc2ccccc2C#N)c1. The van der Waals surface area contributed by atoms with E-state index < -0.39 is 0 Å². The largest absolute Gasteiger partial charge is 0.295 e. The number of thioether (sulfide) groups is 1. The molecule has 2 aromatic carbocycles. The molecule has 0 saturated heterocycles. The lowest BCUT2D eigenvalue weighted by Gasteiger charge is -2.05. The molecule has 0 aromatic heterocycles. The molecule has 0 saturated carbocycles. The molecule has 2 rings (SSSR count). The van der Waals surface area contributed by atoms with Gasteiger partial charge in [-0.1, -0.05) is 30.3 Å². The normalized spacial score (nSPS) is 9.89. The third-order valence-electron chi connectivity index (χ3n) is 2.77. The van der Waals surface area contributed by atoms with Crippen LogP contribution in [0.5, 0.6) is 0 Å². The molecule has 0 N–H and O–H groups in total. The van der Waals surface area contributed by atoms with Gasteiger partial charge >= 0.3 is 0 Å². The Hall–Kier alpha value is -2.05. The van der Waals surface area contributed by atoms with E-state index in [2.05, 4.69) is 6.07 Å². The Labute approximate surface area is 117 Å². The van der Waals surface area contributed by atoms with E-state index >= 15 is 0 Å². The van der Waals surface area contributed by atoms with Crippen LogP contribution in [-0.2, 0) is 5.75 Å². The molecule has 0 atom stereocenters. The summed E-state index contributed by atoms with van der Waals surface area (Å²) in [7, 11) is 0. The summed E-state index contributed by atoms with van der Waals surface area (Å²) in [5.41, 5.74) is 2.44. The Morgan fingerprint density at radius 1 is 1.21 bits per heavy atom. The molecule has 2 nitrogen and oxygen atoms in total. The molecule has 0 spiro atoms. The van der Waals surface area contributed by atoms with Crippen LogP contribution in [0, 0.1) is 11.3 Å². The lowest BCUT2D eigenvalue weighted by atomic mass is 10.1. The first-order valence-corrected chi connectivity index (χ1v) is 6.91. The van der Waals surface area contributed by atoms with Gasteiger partial charge in [-0.2, -0.15) is 5.26 Å². The molecule has 0 bridgehead atoms. The summed E-state index contributed by atoms with van der Waals surface area (Å²) >= 11 is 1.63. The van der Waals surface area contributed by atoms with Crippen molar-refractivity contribution in [3.8, 4) is 6.07 Å². The highest BCUT2D eigenvalue weighted by Crippen LogP contribution is 2.25. The minimum absolute atomic E-state index is 0.0693. The molecule has 0 radical (unpaired) electrons. The molecular weight excluding hydrogens is 254 g/mol. The Bertz CT molecular complexity index is 643. The predicted molar refractivity (Wildman–Crippen MR) is 77.2 cm³/mol. The number of Topliss-reactive ketones (excluding diaryl/α,β-unsaturated/α-hetero) is 1. The number of hydrogen-bond acceptors (Lipinski definition) is 3. The fourth-order valence-electron chi connectivity index (χ4n) is 1.72. The molecule has 0 unspecified atom stereocenters. The molecule has 0 aliphatic carbocycles. The van der Waals surface area contributed by atoms with Crippen LogP contribution in [0.2, 0.25) is 0 Å². The topological polar surface area (TPSA) is 40.9 Å². The number of rotatable bonds is 4. The molecule has 0 aliphatic heterocycles. The van der Waals surface area contributed by atoms with Crippen LogP contribution in [0.1, 0.15) is 28.4 Å². The molecule has 0 heterocycles. The number of ketones is 1. The number of nitrogens with zero attached hydrogens (tertiary/aromatic N) is 1. The van der Waals surface area contributed by atoms with Gasteiger partial charge in [0.2, 0.25) is 0 Å². The Morgan fingerprint density at radius 2 is 2.00 bits per heavy atom. The van der Waals surface area contributed by atoms with Gasteiger partial charge in [-0.3, -0.25) is 4.79 Å². The fraction of sp³-hybridized carbons (Fsp3) is 0.125. The van der Waals surface area contributed by atoms with Gasteiger partial charge < -0.3 is 0 Å². The number of carbonyl (C=O) groups is 1. The Balaban J connectivity index is 2.13. The van der Waals surface area contributed by atoms with Gasteiger partial charge in [0.05, 0.1) is 11.6 Å². The number of benzene rings is 2. The first-order chi connectivity index (χ1) is 9.20. The van der Waals surface area contributed by atoms with E-state index in [1.165, 1.54) is 0 Å². The summed E-state index contributed by atoms with van der Waals surface area (Å²) in [6.45, 7) is 1.56. The summed E-state index contributed by atoms with van der Waals surface area (Å²) < 4.78 is 0. The van der Waals surface area contributed by atoms with Crippen molar-refractivity contribution in [3.05, 3.63) is 65.2 Å². The van der Waals surface area contributed by atoms with Crippen molar-refractivity contribution in [2.75, 3.05) is 0 Å². The molecule has 3 heteroatoms. The van der Waals surface area contributed by atoms with Crippen LogP contribution in [0.4, 0.5) is 0 Å². The first-order valence-electron chi connectivity index (χ1n) is 5.92. The molecule has 94 valence electrons. The summed E-state index contributed by atoms with van der Waals surface area (Å²) in [6.07, 6.45) is 0. The second-order valence-electron chi connectivity index (χ2n) is 4.14. The highest BCUT2D eigenvalue weighted by atomic mass is 32.2. The van der Waals surface area contributed by atoms with Crippen LogP contribution in [-0.4, -0.2) is 5.78 Å². The number of nitriles is 1. The number of hydrogen-bond donors (Lipinski definition) is 0. The van der Waals surface area contributed by atoms with E-state index in [1.54, 1.807) is 18.7 Å². The molecular formula is C16H13NOS. The molecule has 2 aromatic rings. The molecule has 0 amide bonds. The monoisotopic (exact) mass is 267 g/mol. The van der Waals surface area contributed by atoms with Gasteiger partial charge in [0.15, 0.2) is 5.78 Å². The number of carbonyl (C=O) groups excluding carboxylic acids is 1. The smallest absolute Gasteiger partial charge is 0.159 e. The lowest BCUT2D eigenvalue weighted by molar-refractivity contribution is 0.101. The van der Waals surface area contributed by atoms with E-state index in [9.17, 15) is 4.79 Å². The predicted octanol–water partition coefficient (Wildman–Crippen LogP) is 4.05. The first kappa shape index (κ1) is 13.4. The molecule has 0 fully saturated rings. The second-order valence-corrected chi connectivity index (χ2v) is 5.19. The van der Waals surface area contributed by atoms with Crippen LogP contribution >= 0.6 is 11.8 Å². The third kappa shape index (κ3) is 3.46. The van der Waals surface area contributed by atoms with Gasteiger partial charge in [0, 0.05) is 16.2 Å². The summed E-state index contributed by atoms with van der Waals surface area (Å²) in [5, 5.41) is 9.03. The van der Waals surface area contributed by atoms with Crippen molar-refractivity contribution in [1.29, 1.82) is 5.26 Å². The zero-order valence-electron chi connectivity index (χ0n) is 10.6. The molecule has 19 heavy (non-hydrogen) atoms. The van der Waals surface area contributed by atoms with Gasteiger partial charge in [-0.15, -0.1) is 11.8 Å². The van der Waals surface area contributed by atoms with Crippen LogP contribution in [0.15, 0.2) is 53.4 Å². The van der Waals surface area contributed by atoms with Crippen molar-refractivity contribution in [1.82, 2.24) is 0 Å². The Morgan fingerprint density at radius 3 is 2.74 bits per heavy atom. The maximum absolute atomic E-state index is 11.3. The average Bonchev–Trinajstić information content (AvgIpc) is 2.45. The maximum Gasteiger partial charge on any atom is 0.159 e. The zero-order valence-corrected chi connectivity index (χ0v) is 11.4. The van der Waals surface area contributed by atoms with Crippen molar-refractivity contribution in [2.45, 2.75) is 17.6 Å². The average molecular weight is 267 g/mol. The van der Waals surface area contributed by atoms with E-state index in [0.29, 0.717) is 5.56 Å². The Kier molecular flexibility index (Phi) is 4.38. The summed E-state index contributed by atoms with van der Waals surface area (Å²) in [4.78, 5) is 12.4. The minimum atomic E-state index is 0.0693. The van der Waals surface area contributed by atoms with Crippen LogP contribution in [0.3, 0.4) is 0 Å². The zero-order chi connectivity index (χ0) is 13.7. The van der Waals surface area contributed by atoms with Crippen molar-refractivity contribution in [2.24, 2.45) is 0 Å². The standard InChI is InChI=1S/C16H13NOS/c1-12(18)13-7-4-8-16(9-13)19-11-15-6-3-2-5-14(15)10-17/h2-9H,11H2,1H3. The van der Waals surface area contributed by atoms with Crippen molar-refractivity contribution >= 4 is 17.5 Å². The highest BCUT2D eigenvalue weighted by molar-refractivity contribution is 7.98. The maximum atomic E-state index is 11.3. The van der Waals surface area contributed by atoms with Crippen molar-refractivity contribution in [3.63, 3.8) is 0 Å². The van der Waals surface area contributed by atoms with Gasteiger partial charge in [0.25, 0.3) is 0 Å². The van der Waals surface area contributed by atoms with E-state index in [4.69, 9.17) is 5.26 Å². The third-order valence-corrected chi connectivity index (χ3v) is 3.82.